The maximum atomic E-state index is 9.56. The van der Waals surface area contributed by atoms with Gasteiger partial charge < -0.3 is 9.84 Å². The van der Waals surface area contributed by atoms with Gasteiger partial charge in [0.25, 0.3) is 0 Å². The topological polar surface area (TPSA) is 29.5 Å². The molecule has 0 aliphatic heterocycles. The third kappa shape index (κ3) is 2.72. The van der Waals surface area contributed by atoms with Crippen molar-refractivity contribution in [2.24, 2.45) is 0 Å². The summed E-state index contributed by atoms with van der Waals surface area (Å²) in [5, 5.41) is 9.56. The van der Waals surface area contributed by atoms with Gasteiger partial charge in [-0.15, -0.1) is 0 Å². The third-order valence-electron chi connectivity index (χ3n) is 2.48. The highest BCUT2D eigenvalue weighted by Gasteiger charge is 2.39. The molecule has 0 atom stereocenters. The summed E-state index contributed by atoms with van der Waals surface area (Å²) in [7, 11) is 0. The molecular weight excluding hydrogens is 244 g/mol. The normalized spacial score (nSPS) is 17.9. The number of aliphatic hydroxyl groups is 1. The Kier molecular flexibility index (Phi) is 2.79. The van der Waals surface area contributed by atoms with Crippen molar-refractivity contribution in [3.8, 4) is 5.75 Å². The first-order valence-electron chi connectivity index (χ1n) is 4.79. The lowest BCUT2D eigenvalue weighted by Gasteiger charge is -2.09. The summed E-state index contributed by atoms with van der Waals surface area (Å²) in [4.78, 5) is 0. The van der Waals surface area contributed by atoms with Crippen molar-refractivity contribution in [2.75, 3.05) is 6.61 Å². The molecule has 0 aromatic heterocycles. The van der Waals surface area contributed by atoms with Gasteiger partial charge in [-0.1, -0.05) is 15.9 Å². The van der Waals surface area contributed by atoms with Gasteiger partial charge >= 0.3 is 0 Å². The van der Waals surface area contributed by atoms with Gasteiger partial charge in [-0.2, -0.15) is 0 Å². The van der Waals surface area contributed by atoms with E-state index in [1.807, 2.05) is 24.3 Å². The first-order chi connectivity index (χ1) is 6.68. The van der Waals surface area contributed by atoms with Crippen molar-refractivity contribution in [3.05, 3.63) is 28.7 Å². The lowest BCUT2D eigenvalue weighted by molar-refractivity contribution is 0.117. The Morgan fingerprint density at radius 1 is 1.29 bits per heavy atom. The van der Waals surface area contributed by atoms with Crippen LogP contribution in [0.25, 0.3) is 0 Å². The van der Waals surface area contributed by atoms with Crippen LogP contribution < -0.4 is 4.74 Å². The van der Waals surface area contributed by atoms with Gasteiger partial charge in [0, 0.05) is 10.9 Å². The predicted octanol–water partition coefficient (Wildman–Crippen LogP) is 2.74. The molecule has 1 aliphatic carbocycles. The molecule has 3 heteroatoms. The van der Waals surface area contributed by atoms with E-state index >= 15 is 0 Å². The maximum absolute atomic E-state index is 9.56. The molecule has 0 bridgehead atoms. The number of rotatable bonds is 4. The van der Waals surface area contributed by atoms with Crippen LogP contribution in [0.3, 0.4) is 0 Å². The van der Waals surface area contributed by atoms with Crippen molar-refractivity contribution < 1.29 is 9.84 Å². The van der Waals surface area contributed by atoms with Gasteiger partial charge in [-0.3, -0.25) is 0 Å². The van der Waals surface area contributed by atoms with Crippen LogP contribution in [0.15, 0.2) is 28.7 Å². The maximum Gasteiger partial charge on any atom is 0.119 e. The first-order valence-corrected chi connectivity index (χ1v) is 5.58. The summed E-state index contributed by atoms with van der Waals surface area (Å²) < 4.78 is 6.54. The van der Waals surface area contributed by atoms with Crippen molar-refractivity contribution in [3.63, 3.8) is 0 Å². The second-order valence-corrected chi connectivity index (χ2v) is 4.69. The molecule has 1 aromatic carbocycles. The number of hydrogen-bond acceptors (Lipinski definition) is 2. The fraction of sp³-hybridized carbons (Fsp3) is 0.455. The van der Waals surface area contributed by atoms with Gasteiger partial charge in [0.2, 0.25) is 0 Å². The summed E-state index contributed by atoms with van der Waals surface area (Å²) in [6.07, 6.45) is 2.59. The van der Waals surface area contributed by atoms with E-state index in [0.29, 0.717) is 6.61 Å². The van der Waals surface area contributed by atoms with Crippen LogP contribution in [0.5, 0.6) is 5.75 Å². The molecule has 1 aromatic rings. The summed E-state index contributed by atoms with van der Waals surface area (Å²) in [6, 6.07) is 7.73. The third-order valence-corrected chi connectivity index (χ3v) is 3.01. The van der Waals surface area contributed by atoms with Crippen LogP contribution in [0.4, 0.5) is 0 Å². The van der Waals surface area contributed by atoms with E-state index in [1.165, 1.54) is 0 Å². The molecule has 1 aliphatic rings. The average molecular weight is 257 g/mol. The molecule has 1 fully saturated rings. The Hall–Kier alpha value is -0.540. The molecular formula is C11H13BrO2. The quantitative estimate of drug-likeness (QED) is 0.898. The van der Waals surface area contributed by atoms with E-state index in [0.717, 1.165) is 29.5 Å². The fourth-order valence-electron chi connectivity index (χ4n) is 1.28. The summed E-state index contributed by atoms with van der Waals surface area (Å²) in [5.41, 5.74) is -0.407. The van der Waals surface area contributed by atoms with E-state index in [2.05, 4.69) is 15.9 Å². The molecule has 0 amide bonds. The monoisotopic (exact) mass is 256 g/mol. The Morgan fingerprint density at radius 2 is 1.93 bits per heavy atom. The van der Waals surface area contributed by atoms with Crippen LogP contribution in [-0.2, 0) is 0 Å². The molecule has 2 nitrogen and oxygen atoms in total. The fourth-order valence-corrected chi connectivity index (χ4v) is 1.55. The Bertz CT molecular complexity index is 304. The van der Waals surface area contributed by atoms with Crippen molar-refractivity contribution >= 4 is 15.9 Å². The predicted molar refractivity (Wildman–Crippen MR) is 58.4 cm³/mol. The van der Waals surface area contributed by atoms with Gasteiger partial charge in [0.15, 0.2) is 0 Å². The highest BCUT2D eigenvalue weighted by atomic mass is 79.9. The minimum atomic E-state index is -0.407. The minimum absolute atomic E-state index is 0.407. The van der Waals surface area contributed by atoms with Crippen molar-refractivity contribution in [1.29, 1.82) is 0 Å². The number of benzene rings is 1. The molecule has 1 saturated carbocycles. The van der Waals surface area contributed by atoms with Gasteiger partial charge in [-0.25, -0.2) is 0 Å². The molecule has 0 radical (unpaired) electrons. The lowest BCUT2D eigenvalue weighted by Crippen LogP contribution is -2.12. The van der Waals surface area contributed by atoms with Crippen molar-refractivity contribution in [2.45, 2.75) is 24.9 Å². The molecule has 0 unspecified atom stereocenters. The standard InChI is InChI=1S/C11H13BrO2/c12-9-1-3-10(4-2-9)14-8-7-11(13)5-6-11/h1-4,13H,5-8H2. The van der Waals surface area contributed by atoms with Crippen LogP contribution in [0, 0.1) is 0 Å². The summed E-state index contributed by atoms with van der Waals surface area (Å²) in [6.45, 7) is 0.595. The van der Waals surface area contributed by atoms with Crippen LogP contribution in [0.2, 0.25) is 0 Å². The Morgan fingerprint density at radius 3 is 2.50 bits per heavy atom. The largest absolute Gasteiger partial charge is 0.493 e. The lowest BCUT2D eigenvalue weighted by atomic mass is 10.2. The van der Waals surface area contributed by atoms with Gasteiger partial charge in [-0.05, 0) is 37.1 Å². The molecule has 76 valence electrons. The van der Waals surface area contributed by atoms with Crippen LogP contribution in [0.1, 0.15) is 19.3 Å². The van der Waals surface area contributed by atoms with Gasteiger partial charge in [0.05, 0.1) is 12.2 Å². The SMILES string of the molecule is OC1(CCOc2ccc(Br)cc2)CC1. The second-order valence-electron chi connectivity index (χ2n) is 3.78. The highest BCUT2D eigenvalue weighted by Crippen LogP contribution is 2.38. The van der Waals surface area contributed by atoms with Crippen molar-refractivity contribution in [1.82, 2.24) is 0 Å². The highest BCUT2D eigenvalue weighted by molar-refractivity contribution is 9.10. The molecule has 0 saturated heterocycles. The van der Waals surface area contributed by atoms with E-state index in [9.17, 15) is 5.11 Å². The molecule has 14 heavy (non-hydrogen) atoms. The number of halogens is 1. The Balaban J connectivity index is 1.77. The van der Waals surface area contributed by atoms with E-state index < -0.39 is 5.60 Å². The summed E-state index contributed by atoms with van der Waals surface area (Å²) in [5.74, 6) is 0.859. The zero-order chi connectivity index (χ0) is 10.0. The molecule has 0 spiro atoms. The van der Waals surface area contributed by atoms with E-state index in [4.69, 9.17) is 4.74 Å². The van der Waals surface area contributed by atoms with Crippen LogP contribution >= 0.6 is 15.9 Å². The smallest absolute Gasteiger partial charge is 0.119 e. The Labute approximate surface area is 92.0 Å². The molecule has 0 heterocycles. The van der Waals surface area contributed by atoms with Crippen LogP contribution in [-0.4, -0.2) is 17.3 Å². The second kappa shape index (κ2) is 3.91. The number of ether oxygens (including phenoxy) is 1. The van der Waals surface area contributed by atoms with Gasteiger partial charge in [0.1, 0.15) is 5.75 Å². The molecule has 1 N–H and O–H groups in total. The average Bonchev–Trinajstić information content (AvgIpc) is 2.88. The molecule has 2 rings (SSSR count). The summed E-state index contributed by atoms with van der Waals surface area (Å²) >= 11 is 3.36. The zero-order valence-electron chi connectivity index (χ0n) is 7.87. The van der Waals surface area contributed by atoms with E-state index in [1.54, 1.807) is 0 Å². The minimum Gasteiger partial charge on any atom is -0.493 e. The number of hydrogen-bond donors (Lipinski definition) is 1. The zero-order valence-corrected chi connectivity index (χ0v) is 9.46. The van der Waals surface area contributed by atoms with E-state index in [-0.39, 0.29) is 0 Å². The first kappa shape index (κ1) is 9.99.